The number of fused-ring (bicyclic) bond motifs is 1. The van der Waals surface area contributed by atoms with Crippen LogP contribution >= 0.6 is 0 Å². The van der Waals surface area contributed by atoms with Gasteiger partial charge in [-0.25, -0.2) is 13.6 Å². The number of halogens is 5. The first-order chi connectivity index (χ1) is 10.6. The van der Waals surface area contributed by atoms with Crippen LogP contribution in [0.3, 0.4) is 0 Å². The first-order valence-corrected chi connectivity index (χ1v) is 6.06. The second-order valence-electron chi connectivity index (χ2n) is 4.56. The number of aromatic carboxylic acids is 1. The summed E-state index contributed by atoms with van der Waals surface area (Å²) in [5, 5.41) is 8.06. The van der Waals surface area contributed by atoms with Gasteiger partial charge in [-0.15, -0.1) is 6.58 Å². The molecule has 23 heavy (non-hydrogen) atoms. The van der Waals surface area contributed by atoms with Crippen molar-refractivity contribution in [1.29, 1.82) is 0 Å². The van der Waals surface area contributed by atoms with Gasteiger partial charge in [0.15, 0.2) is 11.6 Å². The van der Waals surface area contributed by atoms with E-state index in [9.17, 15) is 31.5 Å². The number of pyridine rings is 1. The quantitative estimate of drug-likeness (QED) is 0.693. The first-order valence-electron chi connectivity index (χ1n) is 6.06. The molecule has 1 heterocycles. The van der Waals surface area contributed by atoms with Crippen LogP contribution in [0.4, 0.5) is 22.0 Å². The van der Waals surface area contributed by atoms with Crippen molar-refractivity contribution >= 4 is 16.9 Å². The highest BCUT2D eigenvalue weighted by atomic mass is 19.4. The molecular weight excluding hydrogens is 325 g/mol. The molecule has 0 amide bonds. The molecule has 1 N–H and O–H groups in total. The van der Waals surface area contributed by atoms with E-state index in [0.717, 1.165) is 6.08 Å². The van der Waals surface area contributed by atoms with Crippen molar-refractivity contribution in [2.45, 2.75) is 12.7 Å². The summed E-state index contributed by atoms with van der Waals surface area (Å²) in [7, 11) is 0. The minimum atomic E-state index is -5.29. The summed E-state index contributed by atoms with van der Waals surface area (Å²) in [6.07, 6.45) is -3.53. The number of aromatic nitrogens is 1. The molecule has 0 aliphatic carbocycles. The minimum absolute atomic E-state index is 0.258. The lowest BCUT2D eigenvalue weighted by Crippen LogP contribution is -2.22. The molecule has 0 fully saturated rings. The summed E-state index contributed by atoms with van der Waals surface area (Å²) >= 11 is 0. The van der Waals surface area contributed by atoms with Crippen molar-refractivity contribution in [2.24, 2.45) is 0 Å². The summed E-state index contributed by atoms with van der Waals surface area (Å²) in [6, 6.07) is 0.258. The fourth-order valence-electron chi connectivity index (χ4n) is 2.21. The molecule has 0 saturated heterocycles. The Hall–Kier alpha value is -2.71. The van der Waals surface area contributed by atoms with Gasteiger partial charge in [0.2, 0.25) is 5.43 Å². The Labute approximate surface area is 125 Å². The lowest BCUT2D eigenvalue weighted by Gasteiger charge is -2.17. The van der Waals surface area contributed by atoms with E-state index in [4.69, 9.17) is 5.11 Å². The number of allylic oxidation sites excluding steroid dienone is 1. The largest absolute Gasteiger partial charge is 0.477 e. The van der Waals surface area contributed by atoms with E-state index in [1.807, 2.05) is 0 Å². The summed E-state index contributed by atoms with van der Waals surface area (Å²) in [4.78, 5) is 23.0. The van der Waals surface area contributed by atoms with Gasteiger partial charge in [-0.1, -0.05) is 6.08 Å². The van der Waals surface area contributed by atoms with E-state index in [-0.39, 0.29) is 12.6 Å². The molecule has 0 aliphatic rings. The number of benzene rings is 1. The maximum Gasteiger partial charge on any atom is 0.421 e. The molecule has 1 aromatic heterocycles. The Morgan fingerprint density at radius 1 is 1.35 bits per heavy atom. The van der Waals surface area contributed by atoms with Gasteiger partial charge < -0.3 is 9.67 Å². The molecule has 0 saturated carbocycles. The lowest BCUT2D eigenvalue weighted by atomic mass is 10.0. The zero-order valence-corrected chi connectivity index (χ0v) is 11.2. The van der Waals surface area contributed by atoms with Gasteiger partial charge in [-0.3, -0.25) is 4.79 Å². The van der Waals surface area contributed by atoms with Gasteiger partial charge in [0, 0.05) is 12.7 Å². The van der Waals surface area contributed by atoms with E-state index in [0.29, 0.717) is 10.8 Å². The molecule has 0 unspecified atom stereocenters. The zero-order chi connectivity index (χ0) is 17.5. The van der Waals surface area contributed by atoms with E-state index in [1.54, 1.807) is 0 Å². The van der Waals surface area contributed by atoms with Crippen molar-refractivity contribution < 1.29 is 31.9 Å². The first kappa shape index (κ1) is 16.7. The number of nitrogens with zero attached hydrogens (tertiary/aromatic N) is 1. The van der Waals surface area contributed by atoms with Crippen LogP contribution in [-0.4, -0.2) is 15.6 Å². The van der Waals surface area contributed by atoms with Gasteiger partial charge in [0.05, 0.1) is 10.9 Å². The van der Waals surface area contributed by atoms with Crippen LogP contribution in [0.1, 0.15) is 15.9 Å². The Bertz CT molecular complexity index is 883. The fraction of sp³-hybridized carbons (Fsp3) is 0.143. The minimum Gasteiger partial charge on any atom is -0.477 e. The number of rotatable bonds is 3. The summed E-state index contributed by atoms with van der Waals surface area (Å²) < 4.78 is 67.2. The smallest absolute Gasteiger partial charge is 0.421 e. The van der Waals surface area contributed by atoms with Crippen LogP contribution < -0.4 is 5.43 Å². The van der Waals surface area contributed by atoms with Crippen LogP contribution in [-0.2, 0) is 12.7 Å². The summed E-state index contributed by atoms with van der Waals surface area (Å²) in [5.41, 5.74) is -5.11. The molecule has 4 nitrogen and oxygen atoms in total. The standard InChI is InChI=1S/C14H8F5NO3/c1-2-3-20-5-7(13(22)23)12(21)6-4-8(15)10(16)9(11(6)20)14(17,18)19/h2,4-5H,1,3H2,(H,22,23). The molecule has 1 aromatic carbocycles. The average molecular weight is 333 g/mol. The second kappa shape index (κ2) is 5.49. The van der Waals surface area contributed by atoms with Crippen LogP contribution in [0.25, 0.3) is 10.9 Å². The summed E-state index contributed by atoms with van der Waals surface area (Å²) in [6.45, 7) is 2.95. The molecule has 0 spiro atoms. The molecule has 0 bridgehead atoms. The van der Waals surface area contributed by atoms with Gasteiger partial charge in [-0.05, 0) is 6.07 Å². The van der Waals surface area contributed by atoms with Gasteiger partial charge >= 0.3 is 12.1 Å². The topological polar surface area (TPSA) is 59.3 Å². The van der Waals surface area contributed by atoms with Gasteiger partial charge in [0.1, 0.15) is 11.1 Å². The van der Waals surface area contributed by atoms with Crippen molar-refractivity contribution in [3.8, 4) is 0 Å². The average Bonchev–Trinajstić information content (AvgIpc) is 2.42. The Balaban J connectivity index is 3.16. The highest BCUT2D eigenvalue weighted by molar-refractivity contribution is 5.93. The van der Waals surface area contributed by atoms with E-state index in [1.165, 1.54) is 0 Å². The maximum absolute atomic E-state index is 13.7. The predicted molar refractivity (Wildman–Crippen MR) is 70.3 cm³/mol. The molecular formula is C14H8F5NO3. The van der Waals surface area contributed by atoms with E-state index in [2.05, 4.69) is 6.58 Å². The van der Waals surface area contributed by atoms with Crippen LogP contribution in [0.15, 0.2) is 29.7 Å². The molecule has 0 atom stereocenters. The lowest BCUT2D eigenvalue weighted by molar-refractivity contribution is -0.139. The van der Waals surface area contributed by atoms with Crippen molar-refractivity contribution in [2.75, 3.05) is 0 Å². The van der Waals surface area contributed by atoms with Gasteiger partial charge in [0.25, 0.3) is 0 Å². The fourth-order valence-corrected chi connectivity index (χ4v) is 2.21. The van der Waals surface area contributed by atoms with Crippen LogP contribution in [0.2, 0.25) is 0 Å². The molecule has 9 heteroatoms. The maximum atomic E-state index is 13.7. The van der Waals surface area contributed by atoms with Crippen molar-refractivity contribution in [1.82, 2.24) is 4.57 Å². The molecule has 122 valence electrons. The van der Waals surface area contributed by atoms with E-state index < -0.39 is 51.2 Å². The number of alkyl halides is 3. The third-order valence-electron chi connectivity index (χ3n) is 3.09. The normalized spacial score (nSPS) is 11.7. The van der Waals surface area contributed by atoms with Crippen LogP contribution in [0, 0.1) is 11.6 Å². The monoisotopic (exact) mass is 333 g/mol. The molecule has 2 aromatic rings. The number of carboxylic acids is 1. The molecule has 2 rings (SSSR count). The highest BCUT2D eigenvalue weighted by Crippen LogP contribution is 2.37. The highest BCUT2D eigenvalue weighted by Gasteiger charge is 2.39. The van der Waals surface area contributed by atoms with Gasteiger partial charge in [-0.2, -0.15) is 13.2 Å². The Morgan fingerprint density at radius 2 is 1.96 bits per heavy atom. The zero-order valence-electron chi connectivity index (χ0n) is 11.2. The molecule has 0 radical (unpaired) electrons. The number of carbonyl (C=O) groups is 1. The number of carboxylic acid groups (broad SMARTS) is 1. The Morgan fingerprint density at radius 3 is 2.43 bits per heavy atom. The number of hydrogen-bond donors (Lipinski definition) is 1. The van der Waals surface area contributed by atoms with E-state index >= 15 is 0 Å². The second-order valence-corrected chi connectivity index (χ2v) is 4.56. The Kier molecular flexibility index (Phi) is 3.97. The van der Waals surface area contributed by atoms with Crippen LogP contribution in [0.5, 0.6) is 0 Å². The molecule has 0 aliphatic heterocycles. The SMILES string of the molecule is C=CCn1cc(C(=O)O)c(=O)c2cc(F)c(F)c(C(F)(F)F)c21. The van der Waals surface area contributed by atoms with Crippen molar-refractivity contribution in [3.63, 3.8) is 0 Å². The third kappa shape index (κ3) is 2.69. The predicted octanol–water partition coefficient (Wildman–Crippen LogP) is 3.18. The number of hydrogen-bond acceptors (Lipinski definition) is 2. The third-order valence-corrected chi connectivity index (χ3v) is 3.09. The van der Waals surface area contributed by atoms with Crippen molar-refractivity contribution in [3.05, 3.63) is 57.9 Å². The summed E-state index contributed by atoms with van der Waals surface area (Å²) in [5.74, 6) is -5.76.